The van der Waals surface area contributed by atoms with Crippen molar-refractivity contribution in [3.05, 3.63) is 23.3 Å². The average Bonchev–Trinajstić information content (AvgIpc) is 3.52. The molecule has 0 spiro atoms. The van der Waals surface area contributed by atoms with Gasteiger partial charge in [-0.2, -0.15) is 9.36 Å². The molecule has 2 aliphatic rings. The predicted octanol–water partition coefficient (Wildman–Crippen LogP) is -1.97. The number of thioether (sulfide) groups is 1. The average molecular weight is 667 g/mol. The summed E-state index contributed by atoms with van der Waals surface area (Å²) in [5, 5.41) is 27.5. The molecule has 3 amide bonds. The molecule has 2 aliphatic heterocycles. The maximum Gasteiger partial charge on any atom is 0.352 e. The molecule has 45 heavy (non-hydrogen) atoms. The molecule has 2 atom stereocenters. The van der Waals surface area contributed by atoms with E-state index in [2.05, 4.69) is 25.1 Å². The highest BCUT2D eigenvalue weighted by molar-refractivity contribution is 8.00. The van der Waals surface area contributed by atoms with E-state index in [1.54, 1.807) is 17.9 Å². The van der Waals surface area contributed by atoms with Crippen molar-refractivity contribution >= 4 is 75.3 Å². The van der Waals surface area contributed by atoms with Crippen LogP contribution < -0.4 is 32.5 Å². The van der Waals surface area contributed by atoms with Crippen LogP contribution in [0.1, 0.15) is 32.5 Å². The standard InChI is InChI=1S/C24H31N11O8S2/c1-24(2,22(41)42)43-31-13(17-30-23(27)45-32-17)18(37)29-14-19(38)35-15(21(39)40)10(9-44-20(14)35)7-34-8-11(16(26)33(34)3)28-12(36)5-4-6-25/h8,14,20,26H,4-7,9,25H2,1-3H3,(H6,27,28,29,30,32,36,37,39,40,41,42)/p+1/b31-13-/t14-,20-/m1/s1. The van der Waals surface area contributed by atoms with Crippen LogP contribution in [-0.2, 0) is 42.4 Å². The van der Waals surface area contributed by atoms with Crippen molar-refractivity contribution < 1.29 is 43.7 Å². The zero-order chi connectivity index (χ0) is 33.2. The molecule has 2 aromatic rings. The summed E-state index contributed by atoms with van der Waals surface area (Å²) in [6.07, 6.45) is 2.27. The zero-order valence-electron chi connectivity index (χ0n) is 24.3. The first-order valence-electron chi connectivity index (χ1n) is 13.3. The van der Waals surface area contributed by atoms with Crippen LogP contribution in [0.15, 0.2) is 22.6 Å². The summed E-state index contributed by atoms with van der Waals surface area (Å²) in [4.78, 5) is 72.6. The third kappa shape index (κ3) is 6.83. The molecule has 4 heterocycles. The van der Waals surface area contributed by atoms with E-state index < -0.39 is 46.5 Å². The molecule has 0 radical (unpaired) electrons. The van der Waals surface area contributed by atoms with Crippen LogP contribution in [-0.4, -0.2) is 93.8 Å². The van der Waals surface area contributed by atoms with E-state index in [4.69, 9.17) is 22.0 Å². The van der Waals surface area contributed by atoms with Crippen molar-refractivity contribution in [1.82, 2.24) is 24.3 Å². The quantitative estimate of drug-likeness (QED) is 0.0528. The van der Waals surface area contributed by atoms with E-state index >= 15 is 0 Å². The minimum Gasteiger partial charge on any atom is -0.478 e. The first kappa shape index (κ1) is 33.1. The van der Waals surface area contributed by atoms with Crippen LogP contribution in [0.2, 0.25) is 0 Å². The second-order valence-corrected chi connectivity index (χ2v) is 12.3. The fourth-order valence-electron chi connectivity index (χ4n) is 4.26. The van der Waals surface area contributed by atoms with Crippen LogP contribution in [0.25, 0.3) is 0 Å². The summed E-state index contributed by atoms with van der Waals surface area (Å²) in [6.45, 7) is 2.81. The molecule has 1 saturated heterocycles. The van der Waals surface area contributed by atoms with Gasteiger partial charge in [0.15, 0.2) is 23.2 Å². The number of aliphatic carboxylic acids is 2. The monoisotopic (exact) mass is 666 g/mol. The van der Waals surface area contributed by atoms with E-state index in [-0.39, 0.29) is 47.1 Å². The molecule has 0 unspecified atom stereocenters. The summed E-state index contributed by atoms with van der Waals surface area (Å²) in [7, 11) is 1.64. The van der Waals surface area contributed by atoms with Crippen LogP contribution in [0.5, 0.6) is 0 Å². The van der Waals surface area contributed by atoms with Crippen LogP contribution in [0.3, 0.4) is 0 Å². The number of hydrogen-bond acceptors (Lipinski definition) is 14. The highest BCUT2D eigenvalue weighted by Crippen LogP contribution is 2.40. The van der Waals surface area contributed by atoms with Gasteiger partial charge in [0.05, 0.1) is 7.05 Å². The van der Waals surface area contributed by atoms with E-state index in [9.17, 15) is 34.2 Å². The SMILES string of the molecule is Cn1c(N)c(NC(=O)CCCN)c[n+]1CC1=C(C(=O)O)N2C(=O)[C@@H](NC(=O)/C(=N\OC(C)(C)C(=O)O)c3nsc(N)n3)[C@H]2SC1. The number of β-lactam (4-membered cyclic amide) rings is 1. The lowest BCUT2D eigenvalue weighted by atomic mass is 10.0. The number of anilines is 3. The molecule has 0 aliphatic carbocycles. The Morgan fingerprint density at radius 1 is 1.27 bits per heavy atom. The number of nitrogen functional groups attached to an aromatic ring is 2. The van der Waals surface area contributed by atoms with Crippen LogP contribution >= 0.6 is 23.3 Å². The lowest BCUT2D eigenvalue weighted by Crippen LogP contribution is -2.71. The van der Waals surface area contributed by atoms with Crippen LogP contribution in [0, 0.1) is 0 Å². The van der Waals surface area contributed by atoms with E-state index in [0.717, 1.165) is 16.4 Å². The molecule has 242 valence electrons. The van der Waals surface area contributed by atoms with Gasteiger partial charge in [-0.25, -0.2) is 9.59 Å². The summed E-state index contributed by atoms with van der Waals surface area (Å²) in [5.74, 6) is -4.47. The third-order valence-electron chi connectivity index (χ3n) is 6.81. The zero-order valence-corrected chi connectivity index (χ0v) is 26.0. The Labute approximate surface area is 263 Å². The third-order valence-corrected chi connectivity index (χ3v) is 8.69. The maximum absolute atomic E-state index is 13.3. The smallest absolute Gasteiger partial charge is 0.352 e. The number of nitrogens with two attached hydrogens (primary N) is 3. The number of amides is 3. The van der Waals surface area contributed by atoms with Crippen molar-refractivity contribution in [1.29, 1.82) is 0 Å². The van der Waals surface area contributed by atoms with Crippen molar-refractivity contribution in [2.24, 2.45) is 17.9 Å². The highest BCUT2D eigenvalue weighted by Gasteiger charge is 2.55. The summed E-state index contributed by atoms with van der Waals surface area (Å²) < 4.78 is 7.06. The van der Waals surface area contributed by atoms with Crippen LogP contribution in [0.4, 0.5) is 16.6 Å². The number of carboxylic acids is 2. The topological polar surface area (TPSA) is 287 Å². The van der Waals surface area contributed by atoms with Gasteiger partial charge < -0.3 is 42.9 Å². The van der Waals surface area contributed by atoms with Gasteiger partial charge in [0, 0.05) is 29.3 Å². The number of carbonyl (C=O) groups is 5. The molecular formula is C24H32N11O8S2+. The van der Waals surface area contributed by atoms with E-state index in [0.29, 0.717) is 24.2 Å². The molecule has 4 rings (SSSR count). The Balaban J connectivity index is 1.54. The minimum absolute atomic E-state index is 0.000520. The number of fused-ring (bicyclic) bond motifs is 1. The predicted molar refractivity (Wildman–Crippen MR) is 160 cm³/mol. The molecule has 10 N–H and O–H groups in total. The van der Waals surface area contributed by atoms with Gasteiger partial charge in [-0.05, 0) is 26.8 Å². The molecule has 19 nitrogen and oxygen atoms in total. The lowest BCUT2D eigenvalue weighted by molar-refractivity contribution is -0.765. The van der Waals surface area contributed by atoms with Gasteiger partial charge in [-0.15, -0.1) is 21.1 Å². The molecule has 0 saturated carbocycles. The Kier molecular flexibility index (Phi) is 9.63. The fraction of sp³-hybridized carbons (Fsp3) is 0.458. The molecular weight excluding hydrogens is 634 g/mol. The Morgan fingerprint density at radius 2 is 1.98 bits per heavy atom. The number of nitrogens with zero attached hydrogens (tertiary/aromatic N) is 6. The number of carboxylic acid groups (broad SMARTS) is 2. The van der Waals surface area contributed by atoms with Crippen molar-refractivity contribution in [3.8, 4) is 0 Å². The number of oxime groups is 1. The Morgan fingerprint density at radius 3 is 2.58 bits per heavy atom. The summed E-state index contributed by atoms with van der Waals surface area (Å²) >= 11 is 1.98. The Hall–Kier alpha value is -4.76. The van der Waals surface area contributed by atoms with Gasteiger partial charge in [0.2, 0.25) is 29.2 Å². The van der Waals surface area contributed by atoms with Crippen molar-refractivity contribution in [3.63, 3.8) is 0 Å². The second-order valence-electron chi connectivity index (χ2n) is 10.4. The molecule has 0 aromatic carbocycles. The van der Waals surface area contributed by atoms with Gasteiger partial charge in [-0.3, -0.25) is 19.3 Å². The fourth-order valence-corrected chi connectivity index (χ4v) is 6.03. The van der Waals surface area contributed by atoms with Gasteiger partial charge in [0.1, 0.15) is 17.1 Å². The molecule has 2 aromatic heterocycles. The number of rotatable bonds is 13. The molecule has 0 bridgehead atoms. The Bertz CT molecular complexity index is 1620. The maximum atomic E-state index is 13.3. The van der Waals surface area contributed by atoms with Crippen molar-refractivity contribution in [2.75, 3.05) is 29.1 Å². The number of aromatic nitrogens is 4. The second kappa shape index (κ2) is 13.1. The first-order valence-corrected chi connectivity index (χ1v) is 15.1. The van der Waals surface area contributed by atoms with Gasteiger partial charge in [0.25, 0.3) is 11.8 Å². The largest absolute Gasteiger partial charge is 0.478 e. The van der Waals surface area contributed by atoms with Gasteiger partial charge >= 0.3 is 11.9 Å². The number of nitrogens with one attached hydrogen (secondary N) is 2. The number of carbonyl (C=O) groups excluding carboxylic acids is 3. The molecule has 21 heteroatoms. The number of hydrogen-bond donors (Lipinski definition) is 7. The highest BCUT2D eigenvalue weighted by atomic mass is 32.2. The normalized spacial score (nSPS) is 18.3. The van der Waals surface area contributed by atoms with Gasteiger partial charge in [-0.1, -0.05) is 5.16 Å². The summed E-state index contributed by atoms with van der Waals surface area (Å²) in [6, 6.07) is -1.15. The summed E-state index contributed by atoms with van der Waals surface area (Å²) in [5.41, 5.74) is 15.4. The van der Waals surface area contributed by atoms with E-state index in [1.165, 1.54) is 30.3 Å². The first-order chi connectivity index (χ1) is 21.2. The molecule has 1 fully saturated rings. The minimum atomic E-state index is -1.81. The van der Waals surface area contributed by atoms with Crippen molar-refractivity contribution in [2.45, 2.75) is 50.3 Å². The lowest BCUT2D eigenvalue weighted by Gasteiger charge is -2.49. The van der Waals surface area contributed by atoms with E-state index in [1.807, 2.05) is 0 Å².